The van der Waals surface area contributed by atoms with Gasteiger partial charge in [0.25, 0.3) is 0 Å². The summed E-state index contributed by atoms with van der Waals surface area (Å²) in [6.45, 7) is 3.56. The predicted molar refractivity (Wildman–Crippen MR) is 73.6 cm³/mol. The molecular weight excluding hydrogens is 230 g/mol. The van der Waals surface area contributed by atoms with Gasteiger partial charge in [-0.3, -0.25) is 0 Å². The van der Waals surface area contributed by atoms with Crippen molar-refractivity contribution in [3.8, 4) is 0 Å². The van der Waals surface area contributed by atoms with Gasteiger partial charge in [-0.2, -0.15) is 0 Å². The van der Waals surface area contributed by atoms with Gasteiger partial charge in [0.1, 0.15) is 0 Å². The van der Waals surface area contributed by atoms with Crippen molar-refractivity contribution in [1.82, 2.24) is 5.32 Å². The maximum atomic E-state index is 8.78. The zero-order valence-electron chi connectivity index (χ0n) is 10.4. The molecule has 17 heavy (non-hydrogen) atoms. The fourth-order valence-corrected chi connectivity index (χ4v) is 3.46. The molecule has 1 aliphatic rings. The molecule has 1 heterocycles. The van der Waals surface area contributed by atoms with E-state index < -0.39 is 0 Å². The minimum Gasteiger partial charge on any atom is -0.396 e. The van der Waals surface area contributed by atoms with Crippen molar-refractivity contribution in [3.63, 3.8) is 0 Å². The van der Waals surface area contributed by atoms with Crippen LogP contribution in [0.5, 0.6) is 0 Å². The molecule has 2 N–H and O–H groups in total. The molecule has 0 spiro atoms. The van der Waals surface area contributed by atoms with Gasteiger partial charge >= 0.3 is 0 Å². The first-order valence-electron chi connectivity index (χ1n) is 6.38. The Hall–Kier alpha value is -0.510. The first kappa shape index (κ1) is 12.9. The van der Waals surface area contributed by atoms with Crippen LogP contribution >= 0.6 is 11.8 Å². The Morgan fingerprint density at radius 1 is 1.47 bits per heavy atom. The Morgan fingerprint density at radius 3 is 3.06 bits per heavy atom. The number of aliphatic hydroxyl groups is 1. The SMILES string of the molecule is CC(CCCO)NCC1Cc2ccccc2S1. The van der Waals surface area contributed by atoms with E-state index in [-0.39, 0.29) is 0 Å². The van der Waals surface area contributed by atoms with Gasteiger partial charge in [0.2, 0.25) is 0 Å². The molecule has 1 aliphatic heterocycles. The van der Waals surface area contributed by atoms with Gasteiger partial charge in [0.05, 0.1) is 0 Å². The highest BCUT2D eigenvalue weighted by atomic mass is 32.2. The third kappa shape index (κ3) is 3.73. The summed E-state index contributed by atoms with van der Waals surface area (Å²) in [5.74, 6) is 0. The van der Waals surface area contributed by atoms with Crippen molar-refractivity contribution in [3.05, 3.63) is 29.8 Å². The number of nitrogens with one attached hydrogen (secondary N) is 1. The highest BCUT2D eigenvalue weighted by molar-refractivity contribution is 8.00. The molecule has 2 nitrogen and oxygen atoms in total. The van der Waals surface area contributed by atoms with E-state index in [0.717, 1.165) is 19.4 Å². The first-order valence-corrected chi connectivity index (χ1v) is 7.26. The Morgan fingerprint density at radius 2 is 2.29 bits per heavy atom. The average Bonchev–Trinajstić information content (AvgIpc) is 2.76. The van der Waals surface area contributed by atoms with E-state index in [0.29, 0.717) is 17.9 Å². The van der Waals surface area contributed by atoms with Crippen LogP contribution in [0.3, 0.4) is 0 Å². The van der Waals surface area contributed by atoms with Crippen molar-refractivity contribution in [2.75, 3.05) is 13.2 Å². The number of thioether (sulfide) groups is 1. The van der Waals surface area contributed by atoms with E-state index >= 15 is 0 Å². The number of hydrogen-bond donors (Lipinski definition) is 2. The van der Waals surface area contributed by atoms with Crippen molar-refractivity contribution in [2.45, 2.75) is 42.4 Å². The van der Waals surface area contributed by atoms with Crippen LogP contribution in [-0.4, -0.2) is 29.5 Å². The molecule has 0 saturated carbocycles. The van der Waals surface area contributed by atoms with Gasteiger partial charge in [0.15, 0.2) is 0 Å². The molecule has 0 fully saturated rings. The summed E-state index contributed by atoms with van der Waals surface area (Å²) >= 11 is 1.99. The molecule has 0 amide bonds. The highest BCUT2D eigenvalue weighted by Gasteiger charge is 2.21. The van der Waals surface area contributed by atoms with E-state index in [1.54, 1.807) is 0 Å². The van der Waals surface area contributed by atoms with Crippen molar-refractivity contribution in [1.29, 1.82) is 0 Å². The Bertz CT molecular complexity index is 331. The summed E-state index contributed by atoms with van der Waals surface area (Å²) in [5.41, 5.74) is 1.49. The molecule has 1 aromatic carbocycles. The van der Waals surface area contributed by atoms with Crippen molar-refractivity contribution in [2.24, 2.45) is 0 Å². The van der Waals surface area contributed by atoms with Gasteiger partial charge in [-0.15, -0.1) is 11.8 Å². The quantitative estimate of drug-likeness (QED) is 0.814. The number of fused-ring (bicyclic) bond motifs is 1. The molecule has 94 valence electrons. The van der Waals surface area contributed by atoms with Crippen LogP contribution in [0.4, 0.5) is 0 Å². The zero-order valence-corrected chi connectivity index (χ0v) is 11.2. The van der Waals surface area contributed by atoms with Gasteiger partial charge in [-0.05, 0) is 37.8 Å². The minimum absolute atomic E-state index is 0.301. The maximum absolute atomic E-state index is 8.78. The lowest BCUT2D eigenvalue weighted by atomic mass is 10.1. The van der Waals surface area contributed by atoms with Crippen LogP contribution in [0.2, 0.25) is 0 Å². The summed E-state index contributed by atoms with van der Waals surface area (Å²) in [6.07, 6.45) is 3.13. The topological polar surface area (TPSA) is 32.3 Å². The van der Waals surface area contributed by atoms with Crippen LogP contribution in [0.1, 0.15) is 25.3 Å². The second-order valence-corrected chi connectivity index (χ2v) is 6.07. The van der Waals surface area contributed by atoms with Crippen molar-refractivity contribution < 1.29 is 5.11 Å². The van der Waals surface area contributed by atoms with E-state index in [4.69, 9.17) is 5.11 Å². The second-order valence-electron chi connectivity index (χ2n) is 4.73. The van der Waals surface area contributed by atoms with Gasteiger partial charge in [0, 0.05) is 29.3 Å². The maximum Gasteiger partial charge on any atom is 0.0431 e. The first-order chi connectivity index (χ1) is 8.29. The minimum atomic E-state index is 0.301. The normalized spacial score (nSPS) is 20.2. The van der Waals surface area contributed by atoms with E-state index in [1.807, 2.05) is 11.8 Å². The molecule has 3 heteroatoms. The molecule has 0 radical (unpaired) electrons. The third-order valence-electron chi connectivity index (χ3n) is 3.20. The van der Waals surface area contributed by atoms with Crippen LogP contribution in [0.15, 0.2) is 29.2 Å². The van der Waals surface area contributed by atoms with Gasteiger partial charge in [-0.25, -0.2) is 0 Å². The lowest BCUT2D eigenvalue weighted by Gasteiger charge is -2.16. The molecule has 2 unspecified atom stereocenters. The van der Waals surface area contributed by atoms with Crippen LogP contribution in [-0.2, 0) is 6.42 Å². The lowest BCUT2D eigenvalue weighted by molar-refractivity contribution is 0.276. The fraction of sp³-hybridized carbons (Fsp3) is 0.571. The summed E-state index contributed by atoms with van der Waals surface area (Å²) in [7, 11) is 0. The largest absolute Gasteiger partial charge is 0.396 e. The number of rotatable bonds is 6. The van der Waals surface area contributed by atoms with Crippen LogP contribution in [0, 0.1) is 0 Å². The monoisotopic (exact) mass is 251 g/mol. The molecule has 2 atom stereocenters. The molecular formula is C14H21NOS. The smallest absolute Gasteiger partial charge is 0.0431 e. The summed E-state index contributed by atoms with van der Waals surface area (Å²) in [4.78, 5) is 1.45. The van der Waals surface area contributed by atoms with Gasteiger partial charge in [-0.1, -0.05) is 18.2 Å². The molecule has 0 saturated heterocycles. The standard InChI is InChI=1S/C14H21NOS/c1-11(5-4-8-16)15-10-13-9-12-6-2-3-7-14(12)17-13/h2-3,6-7,11,13,15-16H,4-5,8-10H2,1H3. The molecule has 0 aromatic heterocycles. The zero-order chi connectivity index (χ0) is 12.1. The Balaban J connectivity index is 1.73. The Labute approximate surface area is 108 Å². The molecule has 1 aromatic rings. The summed E-state index contributed by atoms with van der Waals surface area (Å²) in [6, 6.07) is 9.20. The Kier molecular flexibility index (Phi) is 4.89. The van der Waals surface area contributed by atoms with E-state index in [1.165, 1.54) is 16.9 Å². The third-order valence-corrected chi connectivity index (χ3v) is 4.52. The molecule has 2 rings (SSSR count). The number of benzene rings is 1. The van der Waals surface area contributed by atoms with Gasteiger partial charge < -0.3 is 10.4 Å². The molecule has 0 bridgehead atoms. The van der Waals surface area contributed by atoms with Crippen LogP contribution in [0.25, 0.3) is 0 Å². The summed E-state index contributed by atoms with van der Waals surface area (Å²) < 4.78 is 0. The lowest BCUT2D eigenvalue weighted by Crippen LogP contribution is -2.32. The molecule has 0 aliphatic carbocycles. The highest BCUT2D eigenvalue weighted by Crippen LogP contribution is 2.36. The average molecular weight is 251 g/mol. The summed E-state index contributed by atoms with van der Waals surface area (Å²) in [5, 5.41) is 13.0. The van der Waals surface area contributed by atoms with E-state index in [2.05, 4.69) is 36.5 Å². The van der Waals surface area contributed by atoms with Crippen molar-refractivity contribution >= 4 is 11.8 Å². The second kappa shape index (κ2) is 6.43. The number of aliphatic hydroxyl groups excluding tert-OH is 1. The van der Waals surface area contributed by atoms with Crippen LogP contribution < -0.4 is 5.32 Å². The fourth-order valence-electron chi connectivity index (χ4n) is 2.20. The number of hydrogen-bond acceptors (Lipinski definition) is 3. The van der Waals surface area contributed by atoms with E-state index in [9.17, 15) is 0 Å². The predicted octanol–water partition coefficient (Wildman–Crippen LogP) is 2.45.